The number of benzene rings is 14. The standard InChI is InChI=1S/C43H30BrN.C36H34BNO2.C13H8BrI/c44-37-21-26-40-36(28-37)27-35-16-15-34(29-42(35)40)32-19-24-39(25-20-32)45(38-22-17-31(18-23-38)30-9-3-1-4-10-30)43-14-8-7-13-41(43)33-11-5-2-6-12-33;1-35(2)36(3,4)40-37(39-35)30-21-25-32(26-22-30)38(31-23-19-28(20-24-31)27-13-7-5-8-14-27)34-18-12-11-17-33(34)29-15-9-6-10-16-29;14-10-2-4-12-9(6-10)5-8-1-3-11(15)7-13(8)12/h1-26,28-29H,27H2;5-26H,1-4H3;1-4,6-7H,5H2. The van der Waals surface area contributed by atoms with Crippen LogP contribution >= 0.6 is 54.5 Å². The number of nitrogens with zero attached hydrogens (tertiary/aromatic N) is 2. The van der Waals surface area contributed by atoms with Crippen molar-refractivity contribution in [1.82, 2.24) is 0 Å². The minimum atomic E-state index is -0.394. The molecule has 2 aliphatic carbocycles. The van der Waals surface area contributed by atoms with Crippen LogP contribution in [0.2, 0.25) is 0 Å². The van der Waals surface area contributed by atoms with Crippen LogP contribution in [-0.2, 0) is 22.2 Å². The molecule has 0 atom stereocenters. The molecule has 3 aliphatic rings. The van der Waals surface area contributed by atoms with E-state index in [2.05, 4.69) is 426 Å². The monoisotopic (exact) mass is 1530 g/mol. The van der Waals surface area contributed by atoms with Crippen molar-refractivity contribution < 1.29 is 9.31 Å². The molecule has 0 aromatic heterocycles. The van der Waals surface area contributed by atoms with Gasteiger partial charge in [0.2, 0.25) is 0 Å². The first-order valence-corrected chi connectivity index (χ1v) is 36.7. The Bertz CT molecular complexity index is 5190. The summed E-state index contributed by atoms with van der Waals surface area (Å²) in [4.78, 5) is 4.70. The number of hydrogen-bond donors (Lipinski definition) is 0. The minimum absolute atomic E-state index is 0.377. The summed E-state index contributed by atoms with van der Waals surface area (Å²) in [6.07, 6.45) is 2.06. The summed E-state index contributed by atoms with van der Waals surface area (Å²) in [5.74, 6) is 0. The van der Waals surface area contributed by atoms with E-state index in [4.69, 9.17) is 9.31 Å². The molecule has 486 valence electrons. The Morgan fingerprint density at radius 2 is 0.620 bits per heavy atom. The number of fused-ring (bicyclic) bond motifs is 6. The smallest absolute Gasteiger partial charge is 0.399 e. The van der Waals surface area contributed by atoms with Crippen LogP contribution in [0.15, 0.2) is 349 Å². The second kappa shape index (κ2) is 28.9. The van der Waals surface area contributed by atoms with Crippen molar-refractivity contribution in [2.45, 2.75) is 51.7 Å². The molecule has 0 amide bonds. The van der Waals surface area contributed by atoms with Gasteiger partial charge in [0.15, 0.2) is 0 Å². The van der Waals surface area contributed by atoms with E-state index in [1.807, 2.05) is 6.07 Å². The van der Waals surface area contributed by atoms with Crippen LogP contribution in [0.5, 0.6) is 0 Å². The van der Waals surface area contributed by atoms with Crippen molar-refractivity contribution in [3.8, 4) is 77.9 Å². The van der Waals surface area contributed by atoms with Gasteiger partial charge in [0.1, 0.15) is 0 Å². The summed E-state index contributed by atoms with van der Waals surface area (Å²) in [5.41, 5.74) is 30.1. The molecule has 0 saturated carbocycles. The molecule has 1 aliphatic heterocycles. The maximum Gasteiger partial charge on any atom is 0.494 e. The second-order valence-electron chi connectivity index (χ2n) is 26.6. The quantitative estimate of drug-likeness (QED) is 0.0899. The van der Waals surface area contributed by atoms with Crippen molar-refractivity contribution in [2.24, 2.45) is 0 Å². The fourth-order valence-electron chi connectivity index (χ4n) is 13.8. The summed E-state index contributed by atoms with van der Waals surface area (Å²) < 4.78 is 16.2. The van der Waals surface area contributed by atoms with Crippen molar-refractivity contribution in [3.05, 3.63) is 374 Å². The van der Waals surface area contributed by atoms with E-state index in [0.29, 0.717) is 0 Å². The summed E-state index contributed by atoms with van der Waals surface area (Å²) in [6.45, 7) is 8.34. The first-order valence-electron chi connectivity index (χ1n) is 34.0. The van der Waals surface area contributed by atoms with Crippen LogP contribution in [0.3, 0.4) is 0 Å². The predicted molar refractivity (Wildman–Crippen MR) is 436 cm³/mol. The SMILES string of the molecule is Brc1ccc2c(c1)Cc1ccc(-c3ccc(N(c4ccc(-c5ccccc5)cc4)c4ccccc4-c4ccccc4)cc3)cc1-2.Brc1ccc2c(c1)Cc1ccc(I)cc1-2.CC1(C)OB(c2ccc(N(c3ccc(-c4ccccc4)cc3)c3ccccc3-c3ccccc3)cc2)OC1(C)C. The van der Waals surface area contributed by atoms with Gasteiger partial charge in [-0.1, -0.05) is 268 Å². The van der Waals surface area contributed by atoms with E-state index in [0.717, 1.165) is 56.9 Å². The fraction of sp³-hybridized carbons (Fsp3) is 0.0870. The Morgan fingerprint density at radius 3 is 1.04 bits per heavy atom. The topological polar surface area (TPSA) is 24.9 Å². The van der Waals surface area contributed by atoms with Crippen LogP contribution in [0.25, 0.3) is 77.9 Å². The van der Waals surface area contributed by atoms with Crippen molar-refractivity contribution in [2.75, 3.05) is 9.80 Å². The summed E-state index contributed by atoms with van der Waals surface area (Å²) in [5, 5.41) is 0. The number of anilines is 6. The number of hydrogen-bond acceptors (Lipinski definition) is 4. The van der Waals surface area contributed by atoms with Gasteiger partial charge in [-0.3, -0.25) is 0 Å². The third-order valence-electron chi connectivity index (χ3n) is 19.7. The lowest BCUT2D eigenvalue weighted by Crippen LogP contribution is -2.41. The highest BCUT2D eigenvalue weighted by Gasteiger charge is 2.51. The number of para-hydroxylation sites is 2. The molecule has 1 fully saturated rings. The van der Waals surface area contributed by atoms with Gasteiger partial charge in [-0.05, 0) is 261 Å². The Labute approximate surface area is 619 Å². The first kappa shape index (κ1) is 66.2. The highest BCUT2D eigenvalue weighted by atomic mass is 127. The predicted octanol–water partition coefficient (Wildman–Crippen LogP) is 25.9. The summed E-state index contributed by atoms with van der Waals surface area (Å²) in [6, 6.07) is 122. The highest BCUT2D eigenvalue weighted by molar-refractivity contribution is 14.1. The molecular weight excluding hydrogens is 1460 g/mol. The van der Waals surface area contributed by atoms with Crippen LogP contribution < -0.4 is 15.3 Å². The molecule has 0 unspecified atom stereocenters. The average molecular weight is 1540 g/mol. The zero-order valence-corrected chi connectivity index (χ0v) is 61.5. The van der Waals surface area contributed by atoms with Crippen LogP contribution in [0, 0.1) is 3.57 Å². The summed E-state index contributed by atoms with van der Waals surface area (Å²) in [7, 11) is -0.394. The Kier molecular flexibility index (Phi) is 19.1. The molecule has 1 saturated heterocycles. The average Bonchev–Trinajstić information content (AvgIpc) is 1.28. The van der Waals surface area contributed by atoms with Crippen LogP contribution in [-0.4, -0.2) is 18.3 Å². The molecule has 0 bridgehead atoms. The molecule has 1 heterocycles. The van der Waals surface area contributed by atoms with Crippen molar-refractivity contribution in [1.29, 1.82) is 0 Å². The van der Waals surface area contributed by atoms with E-state index in [9.17, 15) is 0 Å². The van der Waals surface area contributed by atoms with Crippen LogP contribution in [0.1, 0.15) is 49.9 Å². The van der Waals surface area contributed by atoms with Gasteiger partial charge in [-0.25, -0.2) is 0 Å². The van der Waals surface area contributed by atoms with Gasteiger partial charge >= 0.3 is 7.12 Å². The molecule has 100 heavy (non-hydrogen) atoms. The third-order valence-corrected chi connectivity index (χ3v) is 21.4. The minimum Gasteiger partial charge on any atom is -0.399 e. The number of rotatable bonds is 12. The maximum absolute atomic E-state index is 6.32. The van der Waals surface area contributed by atoms with E-state index < -0.39 is 7.12 Å². The summed E-state index contributed by atoms with van der Waals surface area (Å²) >= 11 is 9.53. The maximum atomic E-state index is 6.32. The van der Waals surface area contributed by atoms with Crippen LogP contribution in [0.4, 0.5) is 34.1 Å². The van der Waals surface area contributed by atoms with Gasteiger partial charge < -0.3 is 19.1 Å². The molecule has 0 radical (unpaired) electrons. The molecular formula is C92H72BBr2IN2O2. The molecule has 4 nitrogen and oxygen atoms in total. The van der Waals surface area contributed by atoms with Gasteiger partial charge in [0, 0.05) is 46.4 Å². The lowest BCUT2D eigenvalue weighted by Gasteiger charge is -2.32. The van der Waals surface area contributed by atoms with E-state index >= 15 is 0 Å². The Hall–Kier alpha value is -9.65. The van der Waals surface area contributed by atoms with Crippen molar-refractivity contribution in [3.63, 3.8) is 0 Å². The van der Waals surface area contributed by atoms with Gasteiger partial charge in [0.05, 0.1) is 22.6 Å². The molecule has 14 aromatic carbocycles. The Balaban J connectivity index is 0.000000135. The zero-order valence-electron chi connectivity index (χ0n) is 56.2. The zero-order chi connectivity index (χ0) is 68.3. The molecule has 14 aromatic rings. The van der Waals surface area contributed by atoms with E-state index in [1.165, 1.54) is 108 Å². The largest absolute Gasteiger partial charge is 0.494 e. The highest BCUT2D eigenvalue weighted by Crippen LogP contribution is 2.46. The first-order chi connectivity index (χ1) is 48.8. The van der Waals surface area contributed by atoms with Crippen molar-refractivity contribution >= 4 is 101 Å². The van der Waals surface area contributed by atoms with E-state index in [1.54, 1.807) is 0 Å². The molecule has 0 spiro atoms. The normalized spacial score (nSPS) is 13.3. The molecule has 8 heteroatoms. The lowest BCUT2D eigenvalue weighted by molar-refractivity contribution is 0.00578. The van der Waals surface area contributed by atoms with E-state index in [-0.39, 0.29) is 11.2 Å². The fourth-order valence-corrected chi connectivity index (χ4v) is 15.1. The second-order valence-corrected chi connectivity index (χ2v) is 29.7. The molecule has 0 N–H and O–H groups in total. The third kappa shape index (κ3) is 14.0. The number of halogens is 3. The van der Waals surface area contributed by atoms with Gasteiger partial charge in [0.25, 0.3) is 0 Å². The Morgan fingerprint density at radius 1 is 0.290 bits per heavy atom. The lowest BCUT2D eigenvalue weighted by atomic mass is 9.79. The van der Waals surface area contributed by atoms with Gasteiger partial charge in [-0.15, -0.1) is 0 Å². The van der Waals surface area contributed by atoms with Gasteiger partial charge in [-0.2, -0.15) is 0 Å². The molecule has 17 rings (SSSR count).